The molecule has 8 nitrogen and oxygen atoms in total. The lowest BCUT2D eigenvalue weighted by atomic mass is 10.3. The number of halogens is 3. The minimum absolute atomic E-state index is 0.141. The smallest absolute Gasteiger partial charge is 0.318 e. The first-order chi connectivity index (χ1) is 15.5. The minimum atomic E-state index is -5.07. The standard InChI is InChI=1S/C21H17F3N4O4S/c22-21(23,24)19(29)25-15-9-11-18(12-10-15)33(31,32)28-17-8-4-7-16(13-17)27-20(30)26-14-5-2-1-3-6-14/h1-13,28H,(H,25,29)(H2,26,27,30). The summed E-state index contributed by atoms with van der Waals surface area (Å²) < 4.78 is 64.5. The van der Waals surface area contributed by atoms with Gasteiger partial charge in [-0.15, -0.1) is 0 Å². The van der Waals surface area contributed by atoms with Gasteiger partial charge in [0.25, 0.3) is 10.0 Å². The molecule has 3 aromatic rings. The Balaban J connectivity index is 1.66. The van der Waals surface area contributed by atoms with Crippen molar-refractivity contribution < 1.29 is 31.2 Å². The van der Waals surface area contributed by atoms with Crippen LogP contribution in [0.2, 0.25) is 0 Å². The summed E-state index contributed by atoms with van der Waals surface area (Å²) in [5, 5.41) is 6.83. The van der Waals surface area contributed by atoms with E-state index in [-0.39, 0.29) is 16.3 Å². The molecule has 172 valence electrons. The Morgan fingerprint density at radius 1 is 0.667 bits per heavy atom. The van der Waals surface area contributed by atoms with Crippen molar-refractivity contribution in [2.45, 2.75) is 11.1 Å². The van der Waals surface area contributed by atoms with E-state index in [1.807, 2.05) is 0 Å². The Hall–Kier alpha value is -4.06. The van der Waals surface area contributed by atoms with E-state index in [0.717, 1.165) is 24.3 Å². The Bertz CT molecular complexity index is 1250. The molecule has 0 bridgehead atoms. The van der Waals surface area contributed by atoms with Gasteiger partial charge in [0.15, 0.2) is 0 Å². The van der Waals surface area contributed by atoms with Crippen LogP contribution in [0.4, 0.5) is 40.7 Å². The van der Waals surface area contributed by atoms with Gasteiger partial charge >= 0.3 is 18.1 Å². The highest BCUT2D eigenvalue weighted by molar-refractivity contribution is 7.92. The highest BCUT2D eigenvalue weighted by atomic mass is 32.2. The molecule has 0 atom stereocenters. The van der Waals surface area contributed by atoms with E-state index >= 15 is 0 Å². The molecule has 0 aromatic heterocycles. The largest absolute Gasteiger partial charge is 0.471 e. The van der Waals surface area contributed by atoms with Crippen LogP contribution in [0.15, 0.2) is 83.8 Å². The lowest BCUT2D eigenvalue weighted by Gasteiger charge is -2.12. The molecule has 0 heterocycles. The average Bonchev–Trinajstić information content (AvgIpc) is 2.74. The average molecular weight is 478 g/mol. The SMILES string of the molecule is O=C(Nc1ccccc1)Nc1cccc(NS(=O)(=O)c2ccc(NC(=O)C(F)(F)F)cc2)c1. The number of hydrogen-bond acceptors (Lipinski definition) is 4. The Morgan fingerprint density at radius 2 is 1.21 bits per heavy atom. The first-order valence-electron chi connectivity index (χ1n) is 9.27. The zero-order chi connectivity index (χ0) is 24.1. The summed E-state index contributed by atoms with van der Waals surface area (Å²) in [6.07, 6.45) is -5.07. The maximum absolute atomic E-state index is 12.6. The van der Waals surface area contributed by atoms with Gasteiger partial charge < -0.3 is 16.0 Å². The second kappa shape index (κ2) is 9.61. The lowest BCUT2D eigenvalue weighted by molar-refractivity contribution is -0.167. The van der Waals surface area contributed by atoms with Crippen LogP contribution in [0.1, 0.15) is 0 Å². The van der Waals surface area contributed by atoms with Crippen LogP contribution in [-0.2, 0) is 14.8 Å². The van der Waals surface area contributed by atoms with E-state index in [2.05, 4.69) is 15.4 Å². The number of sulfonamides is 1. The zero-order valence-corrected chi connectivity index (χ0v) is 17.5. The fraction of sp³-hybridized carbons (Fsp3) is 0.0476. The van der Waals surface area contributed by atoms with Gasteiger partial charge in [-0.2, -0.15) is 13.2 Å². The van der Waals surface area contributed by atoms with E-state index in [1.165, 1.54) is 18.2 Å². The van der Waals surface area contributed by atoms with E-state index in [0.29, 0.717) is 11.4 Å². The topological polar surface area (TPSA) is 116 Å². The van der Waals surface area contributed by atoms with Gasteiger partial charge in [0.2, 0.25) is 0 Å². The predicted octanol–water partition coefficient (Wildman–Crippen LogP) is 4.63. The fourth-order valence-corrected chi connectivity index (χ4v) is 3.66. The van der Waals surface area contributed by atoms with E-state index in [1.54, 1.807) is 41.7 Å². The summed E-state index contributed by atoms with van der Waals surface area (Å²) in [5.74, 6) is -2.17. The molecular weight excluding hydrogens is 461 g/mol. The lowest BCUT2D eigenvalue weighted by Crippen LogP contribution is -2.29. The second-order valence-electron chi connectivity index (χ2n) is 6.61. The number of urea groups is 1. The summed E-state index contributed by atoms with van der Waals surface area (Å²) in [6.45, 7) is 0. The number of carbonyl (C=O) groups is 2. The first-order valence-corrected chi connectivity index (χ1v) is 10.8. The third-order valence-electron chi connectivity index (χ3n) is 4.08. The van der Waals surface area contributed by atoms with Gasteiger partial charge in [-0.05, 0) is 54.6 Å². The number of carbonyl (C=O) groups excluding carboxylic acids is 2. The normalized spacial score (nSPS) is 11.4. The highest BCUT2D eigenvalue weighted by Gasteiger charge is 2.38. The second-order valence-corrected chi connectivity index (χ2v) is 8.29. The molecule has 0 saturated carbocycles. The van der Waals surface area contributed by atoms with Gasteiger partial charge in [-0.3, -0.25) is 9.52 Å². The number of rotatable bonds is 6. The molecule has 3 amide bonds. The molecule has 3 aromatic carbocycles. The number of nitrogens with one attached hydrogen (secondary N) is 4. The predicted molar refractivity (Wildman–Crippen MR) is 117 cm³/mol. The van der Waals surface area contributed by atoms with Gasteiger partial charge in [-0.25, -0.2) is 13.2 Å². The fourth-order valence-electron chi connectivity index (χ4n) is 2.61. The van der Waals surface area contributed by atoms with Crippen molar-refractivity contribution >= 4 is 44.7 Å². The number of anilines is 4. The van der Waals surface area contributed by atoms with Gasteiger partial charge in [-0.1, -0.05) is 24.3 Å². The van der Waals surface area contributed by atoms with Crippen molar-refractivity contribution in [3.63, 3.8) is 0 Å². The number of alkyl halides is 3. The Morgan fingerprint density at radius 3 is 1.85 bits per heavy atom. The van der Waals surface area contributed by atoms with Crippen LogP contribution < -0.4 is 20.7 Å². The maximum atomic E-state index is 12.6. The number of para-hydroxylation sites is 1. The van der Waals surface area contributed by atoms with Crippen LogP contribution in [-0.4, -0.2) is 26.5 Å². The summed E-state index contributed by atoms with van der Waals surface area (Å²) >= 11 is 0. The maximum Gasteiger partial charge on any atom is 0.471 e. The molecule has 0 aliphatic rings. The molecule has 0 aliphatic carbocycles. The van der Waals surface area contributed by atoms with Crippen molar-refractivity contribution in [1.29, 1.82) is 0 Å². The Kier molecular flexibility index (Phi) is 6.87. The van der Waals surface area contributed by atoms with Gasteiger partial charge in [0.05, 0.1) is 10.6 Å². The first kappa shape index (κ1) is 23.6. The monoisotopic (exact) mass is 478 g/mol. The van der Waals surface area contributed by atoms with E-state index in [4.69, 9.17) is 0 Å². The van der Waals surface area contributed by atoms with E-state index < -0.39 is 28.1 Å². The third kappa shape index (κ3) is 6.71. The molecule has 0 spiro atoms. The highest BCUT2D eigenvalue weighted by Crippen LogP contribution is 2.22. The van der Waals surface area contributed by atoms with Crippen LogP contribution in [0.25, 0.3) is 0 Å². The third-order valence-corrected chi connectivity index (χ3v) is 5.48. The van der Waals surface area contributed by atoms with Crippen molar-refractivity contribution in [3.8, 4) is 0 Å². The molecule has 0 radical (unpaired) electrons. The molecule has 0 saturated heterocycles. The van der Waals surface area contributed by atoms with Crippen molar-refractivity contribution in [3.05, 3.63) is 78.9 Å². The Labute approximate surface area is 186 Å². The van der Waals surface area contributed by atoms with E-state index in [9.17, 15) is 31.2 Å². The van der Waals surface area contributed by atoms with Crippen molar-refractivity contribution in [2.24, 2.45) is 0 Å². The summed E-state index contributed by atoms with van der Waals surface area (Å²) in [7, 11) is -4.09. The van der Waals surface area contributed by atoms with Crippen LogP contribution in [0.3, 0.4) is 0 Å². The summed E-state index contributed by atoms with van der Waals surface area (Å²) in [6, 6.07) is 18.2. The molecule has 4 N–H and O–H groups in total. The molecule has 12 heteroatoms. The number of benzene rings is 3. The molecule has 3 rings (SSSR count). The van der Waals surface area contributed by atoms with Crippen LogP contribution >= 0.6 is 0 Å². The minimum Gasteiger partial charge on any atom is -0.318 e. The zero-order valence-electron chi connectivity index (χ0n) is 16.7. The van der Waals surface area contributed by atoms with Gasteiger partial charge in [0, 0.05) is 17.1 Å². The quantitative estimate of drug-likeness (QED) is 0.413. The van der Waals surface area contributed by atoms with Gasteiger partial charge in [0.1, 0.15) is 0 Å². The van der Waals surface area contributed by atoms with Crippen LogP contribution in [0, 0.1) is 0 Å². The van der Waals surface area contributed by atoms with Crippen molar-refractivity contribution in [2.75, 3.05) is 20.7 Å². The molecule has 33 heavy (non-hydrogen) atoms. The van der Waals surface area contributed by atoms with Crippen molar-refractivity contribution in [1.82, 2.24) is 0 Å². The summed E-state index contributed by atoms with van der Waals surface area (Å²) in [5.41, 5.74) is 0.810. The molecular formula is C21H17F3N4O4S. The molecule has 0 unspecified atom stereocenters. The van der Waals surface area contributed by atoms with Crippen LogP contribution in [0.5, 0.6) is 0 Å². The number of hydrogen-bond donors (Lipinski definition) is 4. The molecule has 0 aliphatic heterocycles. The number of amides is 3. The molecule has 0 fully saturated rings. The summed E-state index contributed by atoms with van der Waals surface area (Å²) in [4.78, 5) is 22.8.